The monoisotopic (exact) mass is 241 g/mol. The van der Waals surface area contributed by atoms with Gasteiger partial charge in [-0.3, -0.25) is 4.99 Å². The van der Waals surface area contributed by atoms with Crippen molar-refractivity contribution in [2.75, 3.05) is 39.5 Å². The van der Waals surface area contributed by atoms with Crippen molar-refractivity contribution in [3.8, 4) is 0 Å². The van der Waals surface area contributed by atoms with Gasteiger partial charge in [0, 0.05) is 25.1 Å². The van der Waals surface area contributed by atoms with E-state index >= 15 is 0 Å². The highest BCUT2D eigenvalue weighted by Crippen LogP contribution is 2.27. The van der Waals surface area contributed by atoms with E-state index in [4.69, 9.17) is 15.2 Å². The van der Waals surface area contributed by atoms with Gasteiger partial charge in [-0.25, -0.2) is 0 Å². The molecule has 0 aromatic rings. The van der Waals surface area contributed by atoms with E-state index in [1.54, 1.807) is 0 Å². The van der Waals surface area contributed by atoms with Crippen LogP contribution in [-0.2, 0) is 9.47 Å². The third-order valence-electron chi connectivity index (χ3n) is 3.49. The molecule has 0 amide bonds. The van der Waals surface area contributed by atoms with E-state index in [1.807, 2.05) is 0 Å². The average molecular weight is 241 g/mol. The highest BCUT2D eigenvalue weighted by Gasteiger charge is 2.29. The molecule has 2 N–H and O–H groups in total. The van der Waals surface area contributed by atoms with Crippen molar-refractivity contribution in [1.29, 1.82) is 0 Å². The summed E-state index contributed by atoms with van der Waals surface area (Å²) < 4.78 is 10.9. The van der Waals surface area contributed by atoms with E-state index in [9.17, 15) is 0 Å². The summed E-state index contributed by atoms with van der Waals surface area (Å²) in [6, 6.07) is 0. The van der Waals surface area contributed by atoms with Crippen LogP contribution in [0, 0.1) is 5.41 Å². The van der Waals surface area contributed by atoms with Crippen molar-refractivity contribution in [1.82, 2.24) is 4.90 Å². The van der Waals surface area contributed by atoms with Crippen LogP contribution in [0.5, 0.6) is 0 Å². The van der Waals surface area contributed by atoms with Crippen LogP contribution in [-0.4, -0.2) is 56.4 Å². The van der Waals surface area contributed by atoms with Gasteiger partial charge < -0.3 is 20.1 Å². The number of ether oxygens (including phenoxy) is 2. The second-order valence-corrected chi connectivity index (χ2v) is 5.42. The second-order valence-electron chi connectivity index (χ2n) is 5.42. The van der Waals surface area contributed by atoms with Gasteiger partial charge in [0.25, 0.3) is 0 Å². The van der Waals surface area contributed by atoms with Crippen molar-refractivity contribution in [3.63, 3.8) is 0 Å². The summed E-state index contributed by atoms with van der Waals surface area (Å²) in [5, 5.41) is 0. The van der Waals surface area contributed by atoms with Gasteiger partial charge in [0.2, 0.25) is 0 Å². The molecule has 2 aliphatic heterocycles. The molecule has 0 aliphatic carbocycles. The molecule has 2 aliphatic rings. The molecule has 0 spiro atoms. The molecule has 2 fully saturated rings. The molecule has 17 heavy (non-hydrogen) atoms. The summed E-state index contributed by atoms with van der Waals surface area (Å²) in [5.74, 6) is 0.647. The Morgan fingerprint density at radius 3 is 3.00 bits per heavy atom. The molecular formula is C12H23N3O2. The first-order valence-electron chi connectivity index (χ1n) is 6.33. The van der Waals surface area contributed by atoms with Crippen molar-refractivity contribution in [2.24, 2.45) is 16.1 Å². The molecule has 0 radical (unpaired) electrons. The molecule has 2 saturated heterocycles. The predicted molar refractivity (Wildman–Crippen MR) is 67.0 cm³/mol. The zero-order valence-electron chi connectivity index (χ0n) is 10.8. The summed E-state index contributed by atoms with van der Waals surface area (Å²) in [6.45, 7) is 9.08. The van der Waals surface area contributed by atoms with Crippen LogP contribution < -0.4 is 5.73 Å². The number of rotatable bonds is 2. The maximum Gasteiger partial charge on any atom is 0.191 e. The van der Waals surface area contributed by atoms with Crippen molar-refractivity contribution >= 4 is 5.96 Å². The second kappa shape index (κ2) is 5.23. The number of guanidine groups is 1. The lowest BCUT2D eigenvalue weighted by Crippen LogP contribution is -2.48. The SMILES string of the molecule is CC1CN(C(N)=NCC2(C)CCOC2)CCO1. The molecule has 0 aromatic heterocycles. The van der Waals surface area contributed by atoms with Gasteiger partial charge in [0.1, 0.15) is 0 Å². The number of aliphatic imine (C=N–C) groups is 1. The zero-order chi connectivity index (χ0) is 12.3. The van der Waals surface area contributed by atoms with Crippen molar-refractivity contribution in [2.45, 2.75) is 26.4 Å². The maximum absolute atomic E-state index is 6.03. The minimum Gasteiger partial charge on any atom is -0.381 e. The molecule has 98 valence electrons. The van der Waals surface area contributed by atoms with Crippen LogP contribution in [0.15, 0.2) is 4.99 Å². The van der Waals surface area contributed by atoms with Gasteiger partial charge >= 0.3 is 0 Å². The van der Waals surface area contributed by atoms with Crippen LogP contribution in [0.4, 0.5) is 0 Å². The normalized spacial score (nSPS) is 35.3. The summed E-state index contributed by atoms with van der Waals surface area (Å²) in [6.07, 6.45) is 1.31. The standard InChI is InChI=1S/C12H23N3O2/c1-10-7-15(4-6-17-10)11(13)14-8-12(2)3-5-16-9-12/h10H,3-9H2,1-2H3,(H2,13,14). The summed E-state index contributed by atoms with van der Waals surface area (Å²) >= 11 is 0. The fraction of sp³-hybridized carbons (Fsp3) is 0.917. The molecule has 0 bridgehead atoms. The molecule has 2 rings (SSSR count). The molecular weight excluding hydrogens is 218 g/mol. The van der Waals surface area contributed by atoms with E-state index in [1.165, 1.54) is 0 Å². The summed E-state index contributed by atoms with van der Waals surface area (Å²) in [5.41, 5.74) is 6.20. The van der Waals surface area contributed by atoms with E-state index in [-0.39, 0.29) is 11.5 Å². The molecule has 0 saturated carbocycles. The van der Waals surface area contributed by atoms with Gasteiger partial charge in [0.15, 0.2) is 5.96 Å². The predicted octanol–water partition coefficient (Wildman–Crippen LogP) is 0.448. The van der Waals surface area contributed by atoms with Crippen LogP contribution >= 0.6 is 0 Å². The number of morpholine rings is 1. The van der Waals surface area contributed by atoms with Gasteiger partial charge in [-0.15, -0.1) is 0 Å². The molecule has 5 heteroatoms. The molecule has 2 heterocycles. The van der Waals surface area contributed by atoms with E-state index in [0.29, 0.717) is 5.96 Å². The smallest absolute Gasteiger partial charge is 0.191 e. The first-order chi connectivity index (χ1) is 8.09. The minimum atomic E-state index is 0.169. The quantitative estimate of drug-likeness (QED) is 0.563. The third kappa shape index (κ3) is 3.33. The first-order valence-corrected chi connectivity index (χ1v) is 6.33. The number of hydrogen-bond acceptors (Lipinski definition) is 3. The number of nitrogens with two attached hydrogens (primary N) is 1. The van der Waals surface area contributed by atoms with Crippen molar-refractivity contribution in [3.05, 3.63) is 0 Å². The van der Waals surface area contributed by atoms with Crippen LogP contribution in [0.3, 0.4) is 0 Å². The summed E-state index contributed by atoms with van der Waals surface area (Å²) in [4.78, 5) is 6.63. The van der Waals surface area contributed by atoms with E-state index < -0.39 is 0 Å². The Kier molecular flexibility index (Phi) is 3.89. The van der Waals surface area contributed by atoms with Crippen molar-refractivity contribution < 1.29 is 9.47 Å². The van der Waals surface area contributed by atoms with Crippen LogP contribution in [0.2, 0.25) is 0 Å². The fourth-order valence-electron chi connectivity index (χ4n) is 2.23. The maximum atomic E-state index is 6.03. The lowest BCUT2D eigenvalue weighted by molar-refractivity contribution is 0.00522. The largest absolute Gasteiger partial charge is 0.381 e. The number of hydrogen-bond donors (Lipinski definition) is 1. The molecule has 0 aromatic carbocycles. The average Bonchev–Trinajstić information content (AvgIpc) is 2.74. The topological polar surface area (TPSA) is 60.1 Å². The highest BCUT2D eigenvalue weighted by atomic mass is 16.5. The Hall–Kier alpha value is -0.810. The number of nitrogens with zero attached hydrogens (tertiary/aromatic N) is 2. The Bertz CT molecular complexity index is 287. The zero-order valence-corrected chi connectivity index (χ0v) is 10.8. The molecule has 2 atom stereocenters. The Balaban J connectivity index is 1.87. The van der Waals surface area contributed by atoms with Crippen LogP contribution in [0.25, 0.3) is 0 Å². The van der Waals surface area contributed by atoms with Gasteiger partial charge in [0.05, 0.1) is 25.9 Å². The Morgan fingerprint density at radius 2 is 2.35 bits per heavy atom. The first kappa shape index (κ1) is 12.6. The van der Waals surface area contributed by atoms with Gasteiger partial charge in [-0.2, -0.15) is 0 Å². The van der Waals surface area contributed by atoms with Crippen LogP contribution in [0.1, 0.15) is 20.3 Å². The van der Waals surface area contributed by atoms with Gasteiger partial charge in [-0.1, -0.05) is 6.92 Å². The molecule has 2 unspecified atom stereocenters. The van der Waals surface area contributed by atoms with E-state index in [0.717, 1.165) is 45.9 Å². The Morgan fingerprint density at radius 1 is 1.53 bits per heavy atom. The lowest BCUT2D eigenvalue weighted by Gasteiger charge is -2.32. The van der Waals surface area contributed by atoms with E-state index in [2.05, 4.69) is 23.7 Å². The molecule has 5 nitrogen and oxygen atoms in total. The Labute approximate surface area is 103 Å². The lowest BCUT2D eigenvalue weighted by atomic mass is 9.90. The summed E-state index contributed by atoms with van der Waals surface area (Å²) in [7, 11) is 0. The fourth-order valence-corrected chi connectivity index (χ4v) is 2.23. The highest BCUT2D eigenvalue weighted by molar-refractivity contribution is 5.78. The minimum absolute atomic E-state index is 0.169. The van der Waals surface area contributed by atoms with Gasteiger partial charge in [-0.05, 0) is 13.3 Å². The third-order valence-corrected chi connectivity index (χ3v) is 3.49.